The zero-order valence-corrected chi connectivity index (χ0v) is 13.9. The fraction of sp³-hybridized carbons (Fsp3) is 0.500. The van der Waals surface area contributed by atoms with Gasteiger partial charge in [0, 0.05) is 12.7 Å². The summed E-state index contributed by atoms with van der Waals surface area (Å²) in [7, 11) is 0. The van der Waals surface area contributed by atoms with Crippen LogP contribution in [0, 0.1) is 0 Å². The van der Waals surface area contributed by atoms with Crippen molar-refractivity contribution in [2.75, 3.05) is 18.1 Å². The lowest BCUT2D eigenvalue weighted by molar-refractivity contribution is -0.144. The first-order valence-corrected chi connectivity index (χ1v) is 8.22. The van der Waals surface area contributed by atoms with E-state index in [0.717, 1.165) is 9.36 Å². The average molecular weight is 369 g/mol. The Labute approximate surface area is 144 Å². The molecule has 2 atom stereocenters. The molecule has 1 aliphatic rings. The predicted octanol–water partition coefficient (Wildman–Crippen LogP) is -1.79. The van der Waals surface area contributed by atoms with E-state index < -0.39 is 29.1 Å². The second kappa shape index (κ2) is 6.68. The molecule has 1 aliphatic heterocycles. The van der Waals surface area contributed by atoms with Crippen LogP contribution < -0.4 is 17.0 Å². The monoisotopic (exact) mass is 369 g/mol. The molecule has 12 nitrogen and oxygen atoms in total. The van der Waals surface area contributed by atoms with Crippen LogP contribution >= 0.6 is 11.8 Å². The van der Waals surface area contributed by atoms with Crippen molar-refractivity contribution in [3.05, 3.63) is 10.4 Å². The maximum atomic E-state index is 12.7. The number of aromatic nitrogens is 5. The Hall–Kier alpha value is -2.67. The Morgan fingerprint density at radius 1 is 1.48 bits per heavy atom. The van der Waals surface area contributed by atoms with Crippen LogP contribution in [-0.4, -0.2) is 54.4 Å². The molecule has 0 aliphatic carbocycles. The highest BCUT2D eigenvalue weighted by atomic mass is 32.2. The number of hydrogen-bond acceptors (Lipinski definition) is 10. The summed E-state index contributed by atoms with van der Waals surface area (Å²) < 4.78 is 12.7. The molecule has 134 valence electrons. The van der Waals surface area contributed by atoms with Gasteiger partial charge in [0.2, 0.25) is 5.91 Å². The van der Waals surface area contributed by atoms with Crippen LogP contribution in [0.5, 0.6) is 0 Å². The number of primary amides is 1. The molecule has 1 amide bonds. The highest BCUT2D eigenvalue weighted by molar-refractivity contribution is 8.00. The molecule has 0 spiro atoms. The van der Waals surface area contributed by atoms with Crippen molar-refractivity contribution in [3.63, 3.8) is 0 Å². The van der Waals surface area contributed by atoms with E-state index in [1.54, 1.807) is 0 Å². The number of rotatable bonds is 5. The Balaban J connectivity index is 1.90. The second-order valence-electron chi connectivity index (χ2n) is 5.20. The maximum absolute atomic E-state index is 12.7. The Morgan fingerprint density at radius 2 is 2.24 bits per heavy atom. The number of carbonyl (C=O) groups is 2. The molecular weight excluding hydrogens is 354 g/mol. The summed E-state index contributed by atoms with van der Waals surface area (Å²) in [6, 6.07) is 0. The summed E-state index contributed by atoms with van der Waals surface area (Å²) in [5, 5.41) is 11.6. The smallest absolute Gasteiger partial charge is 0.302 e. The van der Waals surface area contributed by atoms with Crippen LogP contribution in [0.2, 0.25) is 0 Å². The Bertz CT molecular complexity index is 894. The number of nitrogens with two attached hydrogens (primary N) is 2. The average Bonchev–Trinajstić information content (AvgIpc) is 3.11. The highest BCUT2D eigenvalue weighted by Crippen LogP contribution is 2.30. The van der Waals surface area contributed by atoms with Gasteiger partial charge >= 0.3 is 5.97 Å². The molecule has 1 fully saturated rings. The number of nitrogen functional groups attached to an aromatic ring is 1. The summed E-state index contributed by atoms with van der Waals surface area (Å²) in [4.78, 5) is 34.7. The third-order valence-electron chi connectivity index (χ3n) is 3.34. The van der Waals surface area contributed by atoms with Gasteiger partial charge in [0.25, 0.3) is 5.56 Å². The van der Waals surface area contributed by atoms with Crippen LogP contribution in [0.1, 0.15) is 13.2 Å². The quantitative estimate of drug-likeness (QED) is 0.573. The third-order valence-corrected chi connectivity index (χ3v) is 4.44. The largest absolute Gasteiger partial charge is 0.462 e. The highest BCUT2D eigenvalue weighted by Gasteiger charge is 2.31. The lowest BCUT2D eigenvalue weighted by Gasteiger charge is -2.13. The number of esters is 1. The van der Waals surface area contributed by atoms with E-state index in [2.05, 4.69) is 15.4 Å². The number of hydrogen-bond donors (Lipinski definition) is 2. The number of fused-ring (bicyclic) bond motifs is 1. The van der Waals surface area contributed by atoms with Crippen LogP contribution in [0.3, 0.4) is 0 Å². The second-order valence-corrected chi connectivity index (χ2v) is 6.39. The third kappa shape index (κ3) is 3.41. The van der Waals surface area contributed by atoms with Crippen LogP contribution in [0.25, 0.3) is 11.0 Å². The number of ether oxygens (including phenoxy) is 2. The molecule has 13 heteroatoms. The number of thioether (sulfide) groups is 1. The minimum Gasteiger partial charge on any atom is -0.462 e. The Kier molecular flexibility index (Phi) is 4.59. The van der Waals surface area contributed by atoms with Gasteiger partial charge in [-0.05, 0) is 0 Å². The molecule has 1 saturated heterocycles. The van der Waals surface area contributed by atoms with E-state index in [4.69, 9.17) is 20.9 Å². The molecule has 25 heavy (non-hydrogen) atoms. The van der Waals surface area contributed by atoms with E-state index >= 15 is 0 Å². The van der Waals surface area contributed by atoms with E-state index in [1.165, 1.54) is 18.7 Å². The standard InChI is InChI=1S/C12H15N7O5S/c1-5(20)23-3-8-24-7(4-25-8)19-12(22)10-9(15-17-19)11(14)16-18(10)2-6(13)21/h7-8H,2-4H2,1H3,(H2,13,21)(H2,14,16). The molecule has 0 radical (unpaired) electrons. The van der Waals surface area contributed by atoms with Crippen LogP contribution in [0.15, 0.2) is 4.79 Å². The minimum atomic E-state index is -0.701. The number of nitrogens with zero attached hydrogens (tertiary/aromatic N) is 5. The van der Waals surface area contributed by atoms with E-state index in [1.807, 2.05) is 0 Å². The van der Waals surface area contributed by atoms with Crippen molar-refractivity contribution in [2.45, 2.75) is 25.1 Å². The summed E-state index contributed by atoms with van der Waals surface area (Å²) in [6.45, 7) is 1.04. The first-order chi connectivity index (χ1) is 11.9. The van der Waals surface area contributed by atoms with Gasteiger partial charge < -0.3 is 20.9 Å². The zero-order valence-electron chi connectivity index (χ0n) is 13.1. The van der Waals surface area contributed by atoms with Crippen LogP contribution in [-0.2, 0) is 25.6 Å². The number of amides is 1. The normalized spacial score (nSPS) is 20.0. The lowest BCUT2D eigenvalue weighted by Crippen LogP contribution is -2.32. The van der Waals surface area contributed by atoms with Crippen molar-refractivity contribution in [2.24, 2.45) is 5.73 Å². The molecule has 3 rings (SSSR count). The molecule has 2 aromatic rings. The van der Waals surface area contributed by atoms with E-state index in [-0.39, 0.29) is 30.0 Å². The fourth-order valence-corrected chi connectivity index (χ4v) is 3.29. The van der Waals surface area contributed by atoms with E-state index in [9.17, 15) is 14.4 Å². The van der Waals surface area contributed by atoms with Gasteiger partial charge in [0.15, 0.2) is 23.1 Å². The SMILES string of the molecule is CC(=O)OCC1OC(n2nnc3c(N)nn(CC(N)=O)c3c2=O)CS1. The van der Waals surface area contributed by atoms with Crippen molar-refractivity contribution < 1.29 is 19.1 Å². The van der Waals surface area contributed by atoms with Crippen LogP contribution in [0.4, 0.5) is 5.82 Å². The molecule has 2 aromatic heterocycles. The number of anilines is 1. The zero-order chi connectivity index (χ0) is 18.1. The van der Waals surface area contributed by atoms with Gasteiger partial charge in [-0.15, -0.1) is 16.9 Å². The van der Waals surface area contributed by atoms with E-state index in [0.29, 0.717) is 5.75 Å². The molecular formula is C12H15N7O5S. The summed E-state index contributed by atoms with van der Waals surface area (Å²) in [6.07, 6.45) is -0.701. The molecule has 0 aromatic carbocycles. The van der Waals surface area contributed by atoms with Crippen molar-refractivity contribution in [1.29, 1.82) is 0 Å². The summed E-state index contributed by atoms with van der Waals surface area (Å²) in [5.41, 5.74) is 9.98. The first kappa shape index (κ1) is 17.2. The van der Waals surface area contributed by atoms with Gasteiger partial charge in [-0.25, -0.2) is 4.68 Å². The topological polar surface area (TPSA) is 170 Å². The molecule has 3 heterocycles. The predicted molar refractivity (Wildman–Crippen MR) is 86.2 cm³/mol. The van der Waals surface area contributed by atoms with Gasteiger partial charge in [-0.1, -0.05) is 5.21 Å². The van der Waals surface area contributed by atoms with Gasteiger partial charge in [-0.3, -0.25) is 14.4 Å². The molecule has 2 unspecified atom stereocenters. The van der Waals surface area contributed by atoms with Crippen molar-refractivity contribution in [1.82, 2.24) is 24.8 Å². The molecule has 4 N–H and O–H groups in total. The van der Waals surface area contributed by atoms with Crippen molar-refractivity contribution in [3.8, 4) is 0 Å². The lowest BCUT2D eigenvalue weighted by atomic mass is 10.4. The van der Waals surface area contributed by atoms with Gasteiger partial charge in [0.1, 0.15) is 18.6 Å². The minimum absolute atomic E-state index is 0.0170. The van der Waals surface area contributed by atoms with Crippen molar-refractivity contribution >= 4 is 40.5 Å². The maximum Gasteiger partial charge on any atom is 0.302 e. The summed E-state index contributed by atoms with van der Waals surface area (Å²) >= 11 is 1.37. The van der Waals surface area contributed by atoms with Gasteiger partial charge in [0.05, 0.1) is 0 Å². The first-order valence-electron chi connectivity index (χ1n) is 7.17. The molecule has 0 saturated carbocycles. The number of carbonyl (C=O) groups excluding carboxylic acids is 2. The fourth-order valence-electron chi connectivity index (χ4n) is 2.32. The Morgan fingerprint density at radius 3 is 2.92 bits per heavy atom. The van der Waals surface area contributed by atoms with Gasteiger partial charge in [-0.2, -0.15) is 9.78 Å². The summed E-state index contributed by atoms with van der Waals surface area (Å²) in [5.74, 6) is -0.716. The molecule has 0 bridgehead atoms.